The lowest BCUT2D eigenvalue weighted by Crippen LogP contribution is -2.44. The molecule has 0 atom stereocenters. The van der Waals surface area contributed by atoms with Crippen molar-refractivity contribution in [3.8, 4) is 5.75 Å². The van der Waals surface area contributed by atoms with Crippen molar-refractivity contribution in [2.45, 2.75) is 32.2 Å². The third-order valence-corrected chi connectivity index (χ3v) is 3.28. The first-order valence-electron chi connectivity index (χ1n) is 6.59. The quantitative estimate of drug-likeness (QED) is 0.838. The summed E-state index contributed by atoms with van der Waals surface area (Å²) in [6, 6.07) is 6.53. The SMILES string of the molecule is COCC(C)(C)NCCc1ccc2c(c1)CCO2. The van der Waals surface area contributed by atoms with Crippen LogP contribution in [0.25, 0.3) is 0 Å². The van der Waals surface area contributed by atoms with Gasteiger partial charge in [0.2, 0.25) is 0 Å². The van der Waals surface area contributed by atoms with E-state index in [2.05, 4.69) is 37.4 Å². The van der Waals surface area contributed by atoms with Gasteiger partial charge >= 0.3 is 0 Å². The highest BCUT2D eigenvalue weighted by atomic mass is 16.5. The van der Waals surface area contributed by atoms with Gasteiger partial charge in [-0.1, -0.05) is 12.1 Å². The third kappa shape index (κ3) is 3.47. The van der Waals surface area contributed by atoms with Crippen LogP contribution in [0.3, 0.4) is 0 Å². The lowest BCUT2D eigenvalue weighted by atomic mass is 10.0. The second-order valence-electron chi connectivity index (χ2n) is 5.53. The maximum atomic E-state index is 5.51. The fraction of sp³-hybridized carbons (Fsp3) is 0.600. The van der Waals surface area contributed by atoms with Crippen LogP contribution in [0.1, 0.15) is 25.0 Å². The van der Waals surface area contributed by atoms with Gasteiger partial charge in [0.1, 0.15) is 5.75 Å². The molecule has 100 valence electrons. The molecule has 0 aliphatic carbocycles. The van der Waals surface area contributed by atoms with E-state index >= 15 is 0 Å². The zero-order valence-corrected chi connectivity index (χ0v) is 11.6. The molecule has 0 amide bonds. The summed E-state index contributed by atoms with van der Waals surface area (Å²) in [5.74, 6) is 1.06. The van der Waals surface area contributed by atoms with E-state index < -0.39 is 0 Å². The number of ether oxygens (including phenoxy) is 2. The zero-order chi connectivity index (χ0) is 13.0. The summed E-state index contributed by atoms with van der Waals surface area (Å²) in [5.41, 5.74) is 2.76. The summed E-state index contributed by atoms with van der Waals surface area (Å²) in [7, 11) is 1.74. The van der Waals surface area contributed by atoms with Crippen LogP contribution in [0.5, 0.6) is 5.75 Å². The van der Waals surface area contributed by atoms with Gasteiger partial charge in [0.25, 0.3) is 0 Å². The van der Waals surface area contributed by atoms with Gasteiger partial charge in [-0.3, -0.25) is 0 Å². The number of benzene rings is 1. The molecule has 0 spiro atoms. The fourth-order valence-corrected chi connectivity index (χ4v) is 2.35. The Morgan fingerprint density at radius 1 is 1.39 bits per heavy atom. The van der Waals surface area contributed by atoms with Crippen molar-refractivity contribution in [1.29, 1.82) is 0 Å². The van der Waals surface area contributed by atoms with Crippen LogP contribution in [0.15, 0.2) is 18.2 Å². The molecule has 1 aliphatic heterocycles. The Kier molecular flexibility index (Phi) is 4.25. The lowest BCUT2D eigenvalue weighted by Gasteiger charge is -2.25. The molecular weight excluding hydrogens is 226 g/mol. The van der Waals surface area contributed by atoms with Crippen molar-refractivity contribution in [1.82, 2.24) is 5.32 Å². The van der Waals surface area contributed by atoms with Crippen LogP contribution in [0.2, 0.25) is 0 Å². The highest BCUT2D eigenvalue weighted by Gasteiger charge is 2.16. The second-order valence-corrected chi connectivity index (χ2v) is 5.53. The van der Waals surface area contributed by atoms with Crippen molar-refractivity contribution < 1.29 is 9.47 Å². The van der Waals surface area contributed by atoms with Crippen molar-refractivity contribution in [3.63, 3.8) is 0 Å². The van der Waals surface area contributed by atoms with E-state index in [0.717, 1.165) is 38.3 Å². The molecule has 1 N–H and O–H groups in total. The molecule has 0 radical (unpaired) electrons. The van der Waals surface area contributed by atoms with Crippen molar-refractivity contribution in [3.05, 3.63) is 29.3 Å². The Bertz CT molecular complexity index is 401. The number of rotatable bonds is 6. The summed E-state index contributed by atoms with van der Waals surface area (Å²) in [6.07, 6.45) is 2.09. The Morgan fingerprint density at radius 2 is 2.22 bits per heavy atom. The predicted octanol–water partition coefficient (Wildman–Crippen LogP) is 2.18. The molecule has 0 bridgehead atoms. The number of methoxy groups -OCH3 is 1. The van der Waals surface area contributed by atoms with Crippen LogP contribution in [0.4, 0.5) is 0 Å². The fourth-order valence-electron chi connectivity index (χ4n) is 2.35. The monoisotopic (exact) mass is 249 g/mol. The Hall–Kier alpha value is -1.06. The highest BCUT2D eigenvalue weighted by molar-refractivity contribution is 5.39. The molecule has 0 saturated heterocycles. The summed E-state index contributed by atoms with van der Waals surface area (Å²) in [5, 5.41) is 3.52. The van der Waals surface area contributed by atoms with Gasteiger partial charge in [-0.05, 0) is 44.0 Å². The zero-order valence-electron chi connectivity index (χ0n) is 11.6. The van der Waals surface area contributed by atoms with Crippen LogP contribution in [-0.2, 0) is 17.6 Å². The standard InChI is InChI=1S/C15H23NO2/c1-15(2,11-17-3)16-8-6-12-4-5-14-13(10-12)7-9-18-14/h4-5,10,16H,6-9,11H2,1-3H3. The molecule has 3 heteroatoms. The predicted molar refractivity (Wildman–Crippen MR) is 73.3 cm³/mol. The van der Waals surface area contributed by atoms with Crippen LogP contribution >= 0.6 is 0 Å². The molecular formula is C15H23NO2. The van der Waals surface area contributed by atoms with E-state index in [4.69, 9.17) is 9.47 Å². The lowest BCUT2D eigenvalue weighted by molar-refractivity contribution is 0.129. The number of hydrogen-bond acceptors (Lipinski definition) is 3. The average molecular weight is 249 g/mol. The maximum absolute atomic E-state index is 5.51. The molecule has 2 rings (SSSR count). The average Bonchev–Trinajstić information content (AvgIpc) is 2.75. The topological polar surface area (TPSA) is 30.5 Å². The molecule has 0 unspecified atom stereocenters. The molecule has 0 aromatic heterocycles. The molecule has 3 nitrogen and oxygen atoms in total. The normalized spacial score (nSPS) is 14.4. The van der Waals surface area contributed by atoms with E-state index in [0.29, 0.717) is 0 Å². The minimum atomic E-state index is 0.0363. The summed E-state index contributed by atoms with van der Waals surface area (Å²) < 4.78 is 10.7. The molecule has 1 aromatic carbocycles. The molecule has 1 heterocycles. The van der Waals surface area contributed by atoms with Crippen molar-refractivity contribution in [2.24, 2.45) is 0 Å². The number of hydrogen-bond donors (Lipinski definition) is 1. The van der Waals surface area contributed by atoms with Gasteiger partial charge in [-0.15, -0.1) is 0 Å². The molecule has 1 aliphatic rings. The first kappa shape index (κ1) is 13.4. The van der Waals surface area contributed by atoms with Crippen LogP contribution in [0, 0.1) is 0 Å². The van der Waals surface area contributed by atoms with E-state index in [1.807, 2.05) is 0 Å². The van der Waals surface area contributed by atoms with Crippen molar-refractivity contribution in [2.75, 3.05) is 26.9 Å². The summed E-state index contributed by atoms with van der Waals surface area (Å²) in [4.78, 5) is 0. The minimum Gasteiger partial charge on any atom is -0.493 e. The summed E-state index contributed by atoms with van der Waals surface area (Å²) in [6.45, 7) is 6.85. The first-order chi connectivity index (χ1) is 8.61. The minimum absolute atomic E-state index is 0.0363. The Morgan fingerprint density at radius 3 is 3.00 bits per heavy atom. The maximum Gasteiger partial charge on any atom is 0.122 e. The van der Waals surface area contributed by atoms with E-state index in [9.17, 15) is 0 Å². The molecule has 0 saturated carbocycles. The van der Waals surface area contributed by atoms with Gasteiger partial charge in [-0.2, -0.15) is 0 Å². The first-order valence-corrected chi connectivity index (χ1v) is 6.59. The number of fused-ring (bicyclic) bond motifs is 1. The number of nitrogens with one attached hydrogen (secondary N) is 1. The summed E-state index contributed by atoms with van der Waals surface area (Å²) >= 11 is 0. The molecule has 0 fully saturated rings. The van der Waals surface area contributed by atoms with Gasteiger partial charge in [0.05, 0.1) is 13.2 Å². The van der Waals surface area contributed by atoms with E-state index in [-0.39, 0.29) is 5.54 Å². The van der Waals surface area contributed by atoms with Gasteiger partial charge in [0.15, 0.2) is 0 Å². The van der Waals surface area contributed by atoms with Gasteiger partial charge < -0.3 is 14.8 Å². The van der Waals surface area contributed by atoms with Gasteiger partial charge in [0, 0.05) is 19.1 Å². The Balaban J connectivity index is 1.84. The van der Waals surface area contributed by atoms with E-state index in [1.54, 1.807) is 7.11 Å². The highest BCUT2D eigenvalue weighted by Crippen LogP contribution is 2.25. The van der Waals surface area contributed by atoms with Gasteiger partial charge in [-0.25, -0.2) is 0 Å². The Labute approximate surface area is 109 Å². The van der Waals surface area contributed by atoms with Crippen molar-refractivity contribution >= 4 is 0 Å². The third-order valence-electron chi connectivity index (χ3n) is 3.28. The molecule has 1 aromatic rings. The van der Waals surface area contributed by atoms with E-state index in [1.165, 1.54) is 11.1 Å². The second kappa shape index (κ2) is 5.72. The van der Waals surface area contributed by atoms with Crippen LogP contribution < -0.4 is 10.1 Å². The smallest absolute Gasteiger partial charge is 0.122 e. The van der Waals surface area contributed by atoms with Crippen LogP contribution in [-0.4, -0.2) is 32.4 Å². The largest absolute Gasteiger partial charge is 0.493 e. The molecule has 18 heavy (non-hydrogen) atoms.